The van der Waals surface area contributed by atoms with E-state index in [-0.39, 0.29) is 36.4 Å². The maximum atomic E-state index is 13.5. The average molecular weight is 478 g/mol. The molecule has 0 saturated carbocycles. The number of fused-ring (bicyclic) bond motifs is 1. The van der Waals surface area contributed by atoms with Crippen LogP contribution in [0.1, 0.15) is 24.2 Å². The van der Waals surface area contributed by atoms with Crippen LogP contribution in [0.25, 0.3) is 11.1 Å². The molecule has 0 unspecified atom stereocenters. The van der Waals surface area contributed by atoms with E-state index in [2.05, 4.69) is 4.98 Å². The van der Waals surface area contributed by atoms with Crippen molar-refractivity contribution in [2.75, 3.05) is 40.1 Å². The van der Waals surface area contributed by atoms with E-state index in [1.165, 1.54) is 11.4 Å². The van der Waals surface area contributed by atoms with Gasteiger partial charge in [-0.2, -0.15) is 0 Å². The number of ether oxygens (including phenoxy) is 2. The fourth-order valence-corrected chi connectivity index (χ4v) is 4.07. The Labute approximate surface area is 195 Å². The van der Waals surface area contributed by atoms with Crippen LogP contribution in [0.2, 0.25) is 0 Å². The number of carbonyl (C=O) groups excluding carboxylic acids is 1. The second-order valence-electron chi connectivity index (χ2n) is 8.47. The van der Waals surface area contributed by atoms with Crippen molar-refractivity contribution < 1.29 is 27.8 Å². The lowest BCUT2D eigenvalue weighted by atomic mass is 9.99. The Bertz CT molecular complexity index is 1090. The highest BCUT2D eigenvalue weighted by atomic mass is 32.2. The molecule has 1 aliphatic heterocycles. The largest absolute Gasteiger partial charge is 0.497 e. The van der Waals surface area contributed by atoms with Crippen molar-refractivity contribution in [1.82, 2.24) is 14.2 Å². The molecule has 33 heavy (non-hydrogen) atoms. The van der Waals surface area contributed by atoms with Gasteiger partial charge in [0.05, 0.1) is 32.6 Å². The third-order valence-corrected chi connectivity index (χ3v) is 7.23. The normalized spacial score (nSPS) is 20.0. The van der Waals surface area contributed by atoms with E-state index in [4.69, 9.17) is 9.47 Å². The van der Waals surface area contributed by atoms with E-state index >= 15 is 0 Å². The number of sulfonamides is 1. The number of aliphatic hydroxyl groups excluding tert-OH is 1. The van der Waals surface area contributed by atoms with Gasteiger partial charge >= 0.3 is 0 Å². The highest BCUT2D eigenvalue weighted by Gasteiger charge is 2.35. The van der Waals surface area contributed by atoms with Crippen molar-refractivity contribution in [2.24, 2.45) is 5.92 Å². The van der Waals surface area contributed by atoms with Gasteiger partial charge in [0.15, 0.2) is 0 Å². The molecule has 2 aromatic rings. The standard InChI is InChI=1S/C23H31N3O6S/c1-15-12-26(16(2)14-27)23(28)20-10-18(17-6-8-19(31-4)9-7-17)11-24-22(20)32-21(15)13-25(3)33(5,29)30/h6-11,15-16,21,27H,12-14H2,1-5H3/t15-,16-,21+/m1/s1. The summed E-state index contributed by atoms with van der Waals surface area (Å²) in [6, 6.07) is 8.68. The Morgan fingerprint density at radius 1 is 1.30 bits per heavy atom. The summed E-state index contributed by atoms with van der Waals surface area (Å²) in [7, 11) is -0.334. The fraction of sp³-hybridized carbons (Fsp3) is 0.478. The summed E-state index contributed by atoms with van der Waals surface area (Å²) in [5, 5.41) is 9.76. The minimum absolute atomic E-state index is 0.108. The minimum atomic E-state index is -3.42. The van der Waals surface area contributed by atoms with Crippen molar-refractivity contribution in [3.63, 3.8) is 0 Å². The Kier molecular flexibility index (Phi) is 7.61. The lowest BCUT2D eigenvalue weighted by Crippen LogP contribution is -2.50. The van der Waals surface area contributed by atoms with Crippen molar-refractivity contribution in [3.05, 3.63) is 42.1 Å². The molecule has 1 aromatic carbocycles. The number of nitrogens with zero attached hydrogens (tertiary/aromatic N) is 3. The van der Waals surface area contributed by atoms with Crippen LogP contribution in [0.5, 0.6) is 11.6 Å². The quantitative estimate of drug-likeness (QED) is 0.648. The Morgan fingerprint density at radius 3 is 2.55 bits per heavy atom. The van der Waals surface area contributed by atoms with Crippen LogP contribution in [0.15, 0.2) is 36.5 Å². The molecule has 180 valence electrons. The number of amides is 1. The molecular weight excluding hydrogens is 446 g/mol. The highest BCUT2D eigenvalue weighted by Crippen LogP contribution is 2.31. The molecule has 9 nitrogen and oxygen atoms in total. The third kappa shape index (κ3) is 5.63. The molecule has 0 saturated heterocycles. The van der Waals surface area contributed by atoms with E-state index < -0.39 is 22.2 Å². The van der Waals surface area contributed by atoms with Gasteiger partial charge in [-0.1, -0.05) is 19.1 Å². The molecule has 1 amide bonds. The van der Waals surface area contributed by atoms with Gasteiger partial charge in [0.2, 0.25) is 15.9 Å². The summed E-state index contributed by atoms with van der Waals surface area (Å²) in [6.07, 6.45) is 2.22. The van der Waals surface area contributed by atoms with Crippen LogP contribution >= 0.6 is 0 Å². The monoisotopic (exact) mass is 477 g/mol. The van der Waals surface area contributed by atoms with Gasteiger partial charge < -0.3 is 19.5 Å². The lowest BCUT2D eigenvalue weighted by molar-refractivity contribution is 0.0374. The summed E-state index contributed by atoms with van der Waals surface area (Å²) in [4.78, 5) is 19.5. The molecule has 0 radical (unpaired) electrons. The van der Waals surface area contributed by atoms with Gasteiger partial charge in [0.1, 0.15) is 17.4 Å². The first-order chi connectivity index (χ1) is 15.5. The zero-order chi connectivity index (χ0) is 24.3. The van der Waals surface area contributed by atoms with Gasteiger partial charge in [0, 0.05) is 31.3 Å². The third-order valence-electron chi connectivity index (χ3n) is 5.95. The van der Waals surface area contributed by atoms with Crippen LogP contribution in [-0.4, -0.2) is 85.9 Å². The molecule has 0 aliphatic carbocycles. The molecule has 3 atom stereocenters. The molecule has 0 bridgehead atoms. The van der Waals surface area contributed by atoms with E-state index in [1.807, 2.05) is 31.2 Å². The summed E-state index contributed by atoms with van der Waals surface area (Å²) in [5.41, 5.74) is 1.84. The van der Waals surface area contributed by atoms with E-state index in [0.29, 0.717) is 12.3 Å². The number of benzene rings is 1. The summed E-state index contributed by atoms with van der Waals surface area (Å²) in [6.45, 7) is 3.87. The molecule has 3 rings (SSSR count). The number of rotatable bonds is 7. The molecule has 10 heteroatoms. The van der Waals surface area contributed by atoms with Crippen LogP contribution < -0.4 is 9.47 Å². The molecule has 0 fully saturated rings. The fourth-order valence-electron chi connectivity index (χ4n) is 3.65. The molecule has 1 aromatic heterocycles. The maximum absolute atomic E-state index is 13.5. The van der Waals surface area contributed by atoms with Gasteiger partial charge in [-0.3, -0.25) is 4.79 Å². The van der Waals surface area contributed by atoms with Gasteiger partial charge in [0.25, 0.3) is 5.91 Å². The Balaban J connectivity index is 2.05. The first-order valence-corrected chi connectivity index (χ1v) is 12.5. The van der Waals surface area contributed by atoms with Crippen LogP contribution in [0, 0.1) is 5.92 Å². The SMILES string of the molecule is COc1ccc(-c2cnc3c(c2)C(=O)N([C@H](C)CO)C[C@@H](C)[C@H](CN(C)S(C)(=O)=O)O3)cc1. The Hall–Kier alpha value is -2.69. The number of methoxy groups -OCH3 is 1. The Morgan fingerprint density at radius 2 is 1.97 bits per heavy atom. The van der Waals surface area contributed by atoms with Gasteiger partial charge in [-0.25, -0.2) is 17.7 Å². The zero-order valence-corrected chi connectivity index (χ0v) is 20.4. The first kappa shape index (κ1) is 24.9. The zero-order valence-electron chi connectivity index (χ0n) is 19.6. The average Bonchev–Trinajstić information content (AvgIpc) is 2.79. The minimum Gasteiger partial charge on any atom is -0.497 e. The number of hydrogen-bond acceptors (Lipinski definition) is 7. The summed E-state index contributed by atoms with van der Waals surface area (Å²) >= 11 is 0. The number of likely N-dealkylation sites (N-methyl/N-ethyl adjacent to an activating group) is 1. The second kappa shape index (κ2) is 10.1. The topological polar surface area (TPSA) is 109 Å². The predicted octanol–water partition coefficient (Wildman–Crippen LogP) is 1.87. The van der Waals surface area contributed by atoms with Crippen LogP contribution in [0.3, 0.4) is 0 Å². The van der Waals surface area contributed by atoms with E-state index in [9.17, 15) is 18.3 Å². The number of carbonyl (C=O) groups is 1. The maximum Gasteiger partial charge on any atom is 0.259 e. The van der Waals surface area contributed by atoms with Crippen molar-refractivity contribution in [2.45, 2.75) is 26.0 Å². The predicted molar refractivity (Wildman–Crippen MR) is 125 cm³/mol. The van der Waals surface area contributed by atoms with Crippen molar-refractivity contribution in [1.29, 1.82) is 0 Å². The smallest absolute Gasteiger partial charge is 0.259 e. The van der Waals surface area contributed by atoms with Crippen LogP contribution in [-0.2, 0) is 10.0 Å². The second-order valence-corrected chi connectivity index (χ2v) is 10.6. The highest BCUT2D eigenvalue weighted by molar-refractivity contribution is 7.88. The molecular formula is C23H31N3O6S. The molecule has 0 spiro atoms. The number of hydrogen-bond donors (Lipinski definition) is 1. The molecule has 2 heterocycles. The summed E-state index contributed by atoms with van der Waals surface area (Å²) in [5.74, 6) is 0.359. The van der Waals surface area contributed by atoms with Gasteiger partial charge in [-0.05, 0) is 30.7 Å². The number of pyridine rings is 1. The number of aromatic nitrogens is 1. The molecule has 1 N–H and O–H groups in total. The van der Waals surface area contributed by atoms with E-state index in [1.54, 1.807) is 31.2 Å². The van der Waals surface area contributed by atoms with Crippen LogP contribution in [0.4, 0.5) is 0 Å². The first-order valence-electron chi connectivity index (χ1n) is 10.7. The number of aliphatic hydroxyl groups is 1. The lowest BCUT2D eigenvalue weighted by Gasteiger charge is -2.37. The summed E-state index contributed by atoms with van der Waals surface area (Å²) < 4.78 is 36.5. The molecule has 1 aliphatic rings. The van der Waals surface area contributed by atoms with Gasteiger partial charge in [-0.15, -0.1) is 0 Å². The van der Waals surface area contributed by atoms with E-state index in [0.717, 1.165) is 17.4 Å². The van der Waals surface area contributed by atoms with Crippen molar-refractivity contribution in [3.8, 4) is 22.8 Å². The van der Waals surface area contributed by atoms with Crippen molar-refractivity contribution >= 4 is 15.9 Å².